The van der Waals surface area contributed by atoms with Crippen LogP contribution in [-0.4, -0.2) is 19.2 Å². The Morgan fingerprint density at radius 1 is 1.31 bits per heavy atom. The highest BCUT2D eigenvalue weighted by Gasteiger charge is 2.28. The van der Waals surface area contributed by atoms with Gasteiger partial charge in [0.15, 0.2) is 0 Å². The maximum atomic E-state index is 5.27. The maximum absolute atomic E-state index is 5.27. The zero-order valence-electron chi connectivity index (χ0n) is 9.57. The van der Waals surface area contributed by atoms with Crippen molar-refractivity contribution in [3.05, 3.63) is 35.9 Å². The average Bonchev–Trinajstić information content (AvgIpc) is 2.68. The minimum absolute atomic E-state index is 0.597. The Balaban J connectivity index is 1.91. The largest absolute Gasteiger partial charge is 0.497 e. The lowest BCUT2D eigenvalue weighted by atomic mass is 9.96. The number of ether oxygens (including phenoxy) is 1. The van der Waals surface area contributed by atoms with Crippen LogP contribution in [0.2, 0.25) is 0 Å². The summed E-state index contributed by atoms with van der Waals surface area (Å²) in [6, 6.07) is 9.67. The minimum atomic E-state index is 0.597. The molecule has 0 aromatic heterocycles. The van der Waals surface area contributed by atoms with Gasteiger partial charge in [0.2, 0.25) is 0 Å². The van der Waals surface area contributed by atoms with Crippen molar-refractivity contribution < 1.29 is 4.74 Å². The molecule has 2 heterocycles. The zero-order chi connectivity index (χ0) is 11.0. The Labute approximate surface area is 96.3 Å². The minimum Gasteiger partial charge on any atom is -0.497 e. The monoisotopic (exact) mass is 215 g/mol. The lowest BCUT2D eigenvalue weighted by Gasteiger charge is -2.21. The van der Waals surface area contributed by atoms with Crippen LogP contribution >= 0.6 is 0 Å². The van der Waals surface area contributed by atoms with E-state index >= 15 is 0 Å². The summed E-state index contributed by atoms with van der Waals surface area (Å²) in [7, 11) is 1.72. The van der Waals surface area contributed by atoms with Gasteiger partial charge >= 0.3 is 0 Å². The molecule has 2 bridgehead atoms. The van der Waals surface area contributed by atoms with Gasteiger partial charge in [-0.25, -0.2) is 0 Å². The number of nitrogens with one attached hydrogen (secondary N) is 1. The molecule has 3 rings (SSSR count). The highest BCUT2D eigenvalue weighted by Crippen LogP contribution is 2.32. The average molecular weight is 215 g/mol. The van der Waals surface area contributed by atoms with Gasteiger partial charge in [0.25, 0.3) is 0 Å². The van der Waals surface area contributed by atoms with E-state index in [1.165, 1.54) is 24.0 Å². The first-order valence-electron chi connectivity index (χ1n) is 5.96. The van der Waals surface area contributed by atoms with Gasteiger partial charge in [-0.2, -0.15) is 0 Å². The summed E-state index contributed by atoms with van der Waals surface area (Å²) < 4.78 is 5.27. The summed E-state index contributed by atoms with van der Waals surface area (Å²) in [5, 5.41) is 3.61. The molecule has 1 saturated heterocycles. The summed E-state index contributed by atoms with van der Waals surface area (Å²) in [4.78, 5) is 0. The zero-order valence-corrected chi connectivity index (χ0v) is 9.57. The molecule has 2 unspecified atom stereocenters. The SMILES string of the molecule is COc1cccc(C2=CC3CCC(C2)N3)c1. The van der Waals surface area contributed by atoms with Crippen molar-refractivity contribution in [2.45, 2.75) is 31.3 Å². The first-order valence-corrected chi connectivity index (χ1v) is 5.96. The second-order valence-corrected chi connectivity index (χ2v) is 4.68. The molecule has 84 valence electrons. The predicted molar refractivity (Wildman–Crippen MR) is 65.5 cm³/mol. The molecular formula is C14H17NO. The number of hydrogen-bond acceptors (Lipinski definition) is 2. The van der Waals surface area contributed by atoms with E-state index < -0.39 is 0 Å². The number of hydrogen-bond donors (Lipinski definition) is 1. The van der Waals surface area contributed by atoms with Crippen molar-refractivity contribution in [1.82, 2.24) is 5.32 Å². The first kappa shape index (κ1) is 9.91. The Morgan fingerprint density at radius 2 is 2.25 bits per heavy atom. The summed E-state index contributed by atoms with van der Waals surface area (Å²) in [6.07, 6.45) is 6.15. The molecule has 0 saturated carbocycles. The lowest BCUT2D eigenvalue weighted by Crippen LogP contribution is -2.31. The fourth-order valence-electron chi connectivity index (χ4n) is 2.76. The molecule has 1 fully saturated rings. The molecular weight excluding hydrogens is 198 g/mol. The number of rotatable bonds is 2. The van der Waals surface area contributed by atoms with Crippen LogP contribution in [-0.2, 0) is 0 Å². The fraction of sp³-hybridized carbons (Fsp3) is 0.429. The number of fused-ring (bicyclic) bond motifs is 2. The molecule has 2 aliphatic heterocycles. The van der Waals surface area contributed by atoms with Gasteiger partial charge in [-0.3, -0.25) is 0 Å². The molecule has 0 amide bonds. The van der Waals surface area contributed by atoms with E-state index in [9.17, 15) is 0 Å². The fourth-order valence-corrected chi connectivity index (χ4v) is 2.76. The summed E-state index contributed by atoms with van der Waals surface area (Å²) in [6.45, 7) is 0. The van der Waals surface area contributed by atoms with E-state index in [-0.39, 0.29) is 0 Å². The summed E-state index contributed by atoms with van der Waals surface area (Å²) in [5.74, 6) is 0.948. The third-order valence-electron chi connectivity index (χ3n) is 3.59. The highest BCUT2D eigenvalue weighted by molar-refractivity contribution is 5.69. The topological polar surface area (TPSA) is 21.3 Å². The van der Waals surface area contributed by atoms with Crippen LogP contribution in [0.5, 0.6) is 5.75 Å². The van der Waals surface area contributed by atoms with Crippen LogP contribution < -0.4 is 10.1 Å². The van der Waals surface area contributed by atoms with Crippen molar-refractivity contribution in [3.63, 3.8) is 0 Å². The molecule has 0 aliphatic carbocycles. The Hall–Kier alpha value is -1.28. The summed E-state index contributed by atoms with van der Waals surface area (Å²) in [5.41, 5.74) is 2.79. The van der Waals surface area contributed by atoms with Crippen LogP contribution in [0, 0.1) is 0 Å². The van der Waals surface area contributed by atoms with Gasteiger partial charge < -0.3 is 10.1 Å². The molecule has 2 aliphatic rings. The molecule has 1 aromatic carbocycles. The van der Waals surface area contributed by atoms with Crippen molar-refractivity contribution >= 4 is 5.57 Å². The molecule has 1 N–H and O–H groups in total. The highest BCUT2D eigenvalue weighted by atomic mass is 16.5. The van der Waals surface area contributed by atoms with E-state index in [4.69, 9.17) is 4.74 Å². The van der Waals surface area contributed by atoms with Gasteiger partial charge in [0.1, 0.15) is 5.75 Å². The molecule has 0 radical (unpaired) electrons. The van der Waals surface area contributed by atoms with Gasteiger partial charge in [0, 0.05) is 12.1 Å². The first-order chi connectivity index (χ1) is 7.85. The third kappa shape index (κ3) is 1.74. The quantitative estimate of drug-likeness (QED) is 0.818. The van der Waals surface area contributed by atoms with E-state index in [2.05, 4.69) is 29.6 Å². The predicted octanol–water partition coefficient (Wildman–Crippen LogP) is 2.60. The van der Waals surface area contributed by atoms with Crippen molar-refractivity contribution in [2.24, 2.45) is 0 Å². The van der Waals surface area contributed by atoms with Gasteiger partial charge in [-0.15, -0.1) is 0 Å². The standard InChI is InChI=1S/C14H17NO/c1-16-14-4-2-3-10(9-14)11-7-12-5-6-13(8-11)15-12/h2-4,7,9,12-13,15H,5-6,8H2,1H3. The van der Waals surface area contributed by atoms with E-state index in [0.29, 0.717) is 12.1 Å². The summed E-state index contributed by atoms with van der Waals surface area (Å²) >= 11 is 0. The van der Waals surface area contributed by atoms with Gasteiger partial charge in [0.05, 0.1) is 7.11 Å². The third-order valence-corrected chi connectivity index (χ3v) is 3.59. The van der Waals surface area contributed by atoms with Crippen LogP contribution in [0.3, 0.4) is 0 Å². The Kier molecular flexibility index (Phi) is 2.44. The molecule has 2 heteroatoms. The van der Waals surface area contributed by atoms with Crippen molar-refractivity contribution in [2.75, 3.05) is 7.11 Å². The van der Waals surface area contributed by atoms with Crippen molar-refractivity contribution in [1.29, 1.82) is 0 Å². The molecule has 2 atom stereocenters. The molecule has 2 nitrogen and oxygen atoms in total. The number of benzene rings is 1. The Morgan fingerprint density at radius 3 is 3.06 bits per heavy atom. The van der Waals surface area contributed by atoms with E-state index in [1.54, 1.807) is 7.11 Å². The van der Waals surface area contributed by atoms with Crippen molar-refractivity contribution in [3.8, 4) is 5.75 Å². The number of methoxy groups -OCH3 is 1. The van der Waals surface area contributed by atoms with Crippen LogP contribution in [0.15, 0.2) is 30.3 Å². The Bertz CT molecular complexity index is 424. The molecule has 16 heavy (non-hydrogen) atoms. The molecule has 1 aromatic rings. The maximum Gasteiger partial charge on any atom is 0.119 e. The van der Waals surface area contributed by atoms with E-state index in [1.807, 2.05) is 6.07 Å². The van der Waals surface area contributed by atoms with Crippen LogP contribution in [0.1, 0.15) is 24.8 Å². The normalized spacial score (nSPS) is 27.7. The second kappa shape index (κ2) is 3.95. The van der Waals surface area contributed by atoms with E-state index in [0.717, 1.165) is 12.2 Å². The second-order valence-electron chi connectivity index (χ2n) is 4.68. The van der Waals surface area contributed by atoms with Gasteiger partial charge in [-0.05, 0) is 42.5 Å². The molecule has 0 spiro atoms. The van der Waals surface area contributed by atoms with Crippen LogP contribution in [0.4, 0.5) is 0 Å². The smallest absolute Gasteiger partial charge is 0.119 e. The van der Waals surface area contributed by atoms with Gasteiger partial charge in [-0.1, -0.05) is 18.2 Å². The lowest BCUT2D eigenvalue weighted by molar-refractivity contribution is 0.414. The van der Waals surface area contributed by atoms with Crippen LogP contribution in [0.25, 0.3) is 5.57 Å².